The second-order valence-corrected chi connectivity index (χ2v) is 4.65. The second-order valence-electron chi connectivity index (χ2n) is 4.65. The Bertz CT molecular complexity index is 485. The van der Waals surface area contributed by atoms with Crippen molar-refractivity contribution in [2.45, 2.75) is 39.8 Å². The van der Waals surface area contributed by atoms with Crippen molar-refractivity contribution < 1.29 is 0 Å². The van der Waals surface area contributed by atoms with Crippen molar-refractivity contribution in [2.24, 2.45) is 0 Å². The Hall–Kier alpha value is -1.84. The molecule has 0 spiro atoms. The van der Waals surface area contributed by atoms with Crippen molar-refractivity contribution in [3.05, 3.63) is 41.7 Å². The molecule has 1 heterocycles. The second kappa shape index (κ2) is 5.67. The maximum atomic E-state index is 4.23. The fourth-order valence-electron chi connectivity index (χ4n) is 1.83. The zero-order chi connectivity index (χ0) is 13.0. The molecule has 18 heavy (non-hydrogen) atoms. The van der Waals surface area contributed by atoms with Gasteiger partial charge in [-0.3, -0.25) is 0 Å². The van der Waals surface area contributed by atoms with Gasteiger partial charge in [0.1, 0.15) is 6.33 Å². The molecule has 0 atom stereocenters. The highest BCUT2D eigenvalue weighted by atomic mass is 15.4. The van der Waals surface area contributed by atoms with Crippen molar-refractivity contribution in [1.29, 1.82) is 0 Å². The molecule has 0 amide bonds. The molecule has 0 bridgehead atoms. The summed E-state index contributed by atoms with van der Waals surface area (Å²) in [6, 6.07) is 8.97. The lowest BCUT2D eigenvalue weighted by Crippen LogP contribution is -2.10. The molecule has 2 rings (SSSR count). The quantitative estimate of drug-likeness (QED) is 0.879. The molecule has 0 saturated heterocycles. The summed E-state index contributed by atoms with van der Waals surface area (Å²) in [7, 11) is 0. The monoisotopic (exact) mass is 244 g/mol. The fraction of sp³-hybridized carbons (Fsp3) is 0.429. The van der Waals surface area contributed by atoms with Crippen LogP contribution in [-0.4, -0.2) is 14.8 Å². The van der Waals surface area contributed by atoms with Crippen LogP contribution in [0.2, 0.25) is 0 Å². The largest absolute Gasteiger partial charge is 0.350 e. The summed E-state index contributed by atoms with van der Waals surface area (Å²) in [5, 5.41) is 7.52. The Balaban J connectivity index is 2.00. The summed E-state index contributed by atoms with van der Waals surface area (Å²) in [6.45, 7) is 7.12. The first-order chi connectivity index (χ1) is 8.70. The smallest absolute Gasteiger partial charge is 0.221 e. The predicted octanol–water partition coefficient (Wildman–Crippen LogP) is 3.03. The van der Waals surface area contributed by atoms with E-state index < -0.39 is 0 Å². The van der Waals surface area contributed by atoms with E-state index in [4.69, 9.17) is 0 Å². The van der Waals surface area contributed by atoms with Crippen LogP contribution < -0.4 is 5.32 Å². The number of benzene rings is 1. The lowest BCUT2D eigenvalue weighted by molar-refractivity contribution is 0.536. The van der Waals surface area contributed by atoms with Gasteiger partial charge in [-0.15, -0.1) is 0 Å². The normalized spacial score (nSPS) is 10.9. The SMILES string of the molecule is CCc1ccc(CNc2ncnn2C(C)C)cc1. The maximum Gasteiger partial charge on any atom is 0.221 e. The van der Waals surface area contributed by atoms with E-state index in [1.807, 2.05) is 4.68 Å². The number of nitrogens with one attached hydrogen (secondary N) is 1. The summed E-state index contributed by atoms with van der Waals surface area (Å²) in [4.78, 5) is 4.23. The van der Waals surface area contributed by atoms with Gasteiger partial charge < -0.3 is 5.32 Å². The van der Waals surface area contributed by atoms with Crippen LogP contribution in [0.15, 0.2) is 30.6 Å². The Morgan fingerprint density at radius 1 is 1.17 bits per heavy atom. The molecule has 1 N–H and O–H groups in total. The Kier molecular flexibility index (Phi) is 3.97. The van der Waals surface area contributed by atoms with E-state index in [-0.39, 0.29) is 0 Å². The van der Waals surface area contributed by atoms with E-state index in [0.29, 0.717) is 6.04 Å². The molecule has 0 aliphatic heterocycles. The number of hydrogen-bond donors (Lipinski definition) is 1. The summed E-state index contributed by atoms with van der Waals surface area (Å²) < 4.78 is 1.89. The van der Waals surface area contributed by atoms with Crippen LogP contribution in [0.25, 0.3) is 0 Å². The first-order valence-corrected chi connectivity index (χ1v) is 6.42. The summed E-state index contributed by atoms with van der Waals surface area (Å²) in [5.74, 6) is 0.824. The Morgan fingerprint density at radius 2 is 1.83 bits per heavy atom. The van der Waals surface area contributed by atoms with Gasteiger partial charge in [-0.25, -0.2) is 4.68 Å². The Labute approximate surface area is 108 Å². The standard InChI is InChI=1S/C14H20N4/c1-4-12-5-7-13(8-6-12)9-15-14-16-10-17-18(14)11(2)3/h5-8,10-11H,4,9H2,1-3H3,(H,15,16,17). The van der Waals surface area contributed by atoms with Gasteiger partial charge in [0, 0.05) is 6.54 Å². The Morgan fingerprint density at radius 3 is 2.44 bits per heavy atom. The minimum Gasteiger partial charge on any atom is -0.350 e. The van der Waals surface area contributed by atoms with E-state index in [1.165, 1.54) is 11.1 Å². The highest BCUT2D eigenvalue weighted by molar-refractivity contribution is 5.29. The van der Waals surface area contributed by atoms with Crippen molar-refractivity contribution in [1.82, 2.24) is 14.8 Å². The third-order valence-electron chi connectivity index (χ3n) is 2.94. The average molecular weight is 244 g/mol. The van der Waals surface area contributed by atoms with Gasteiger partial charge in [0.05, 0.1) is 6.04 Å². The van der Waals surface area contributed by atoms with Gasteiger partial charge >= 0.3 is 0 Å². The van der Waals surface area contributed by atoms with E-state index in [1.54, 1.807) is 6.33 Å². The zero-order valence-electron chi connectivity index (χ0n) is 11.2. The number of nitrogens with zero attached hydrogens (tertiary/aromatic N) is 3. The van der Waals surface area contributed by atoms with Gasteiger partial charge in [0.25, 0.3) is 0 Å². The van der Waals surface area contributed by atoms with Crippen molar-refractivity contribution >= 4 is 5.95 Å². The van der Waals surface area contributed by atoms with E-state index >= 15 is 0 Å². The molecule has 0 fully saturated rings. The van der Waals surface area contributed by atoms with Crippen LogP contribution in [0.4, 0.5) is 5.95 Å². The van der Waals surface area contributed by atoms with E-state index in [9.17, 15) is 0 Å². The lowest BCUT2D eigenvalue weighted by atomic mass is 10.1. The molecule has 1 aromatic heterocycles. The minimum atomic E-state index is 0.317. The third kappa shape index (κ3) is 2.88. The summed E-state index contributed by atoms with van der Waals surface area (Å²) in [6.07, 6.45) is 2.66. The van der Waals surface area contributed by atoms with Crippen LogP contribution in [0.1, 0.15) is 37.9 Å². The highest BCUT2D eigenvalue weighted by Crippen LogP contribution is 2.12. The number of hydrogen-bond acceptors (Lipinski definition) is 3. The van der Waals surface area contributed by atoms with Crippen LogP contribution in [0, 0.1) is 0 Å². The molecular formula is C14H20N4. The van der Waals surface area contributed by atoms with E-state index in [0.717, 1.165) is 18.9 Å². The van der Waals surface area contributed by atoms with Gasteiger partial charge in [0.15, 0.2) is 0 Å². The summed E-state index contributed by atoms with van der Waals surface area (Å²) in [5.41, 5.74) is 2.62. The summed E-state index contributed by atoms with van der Waals surface area (Å²) >= 11 is 0. The van der Waals surface area contributed by atoms with Gasteiger partial charge in [-0.05, 0) is 31.4 Å². The average Bonchev–Trinajstić information content (AvgIpc) is 2.85. The fourth-order valence-corrected chi connectivity index (χ4v) is 1.83. The lowest BCUT2D eigenvalue weighted by Gasteiger charge is -2.11. The van der Waals surface area contributed by atoms with Crippen LogP contribution in [0.5, 0.6) is 0 Å². The van der Waals surface area contributed by atoms with Gasteiger partial charge in [0.2, 0.25) is 5.95 Å². The molecule has 96 valence electrons. The van der Waals surface area contributed by atoms with Gasteiger partial charge in [-0.1, -0.05) is 31.2 Å². The molecule has 0 saturated carbocycles. The molecule has 4 heteroatoms. The van der Waals surface area contributed by atoms with Crippen LogP contribution in [0.3, 0.4) is 0 Å². The van der Waals surface area contributed by atoms with Crippen molar-refractivity contribution in [2.75, 3.05) is 5.32 Å². The molecule has 1 aromatic carbocycles. The number of aromatic nitrogens is 3. The molecule has 2 aromatic rings. The first kappa shape index (κ1) is 12.6. The number of aryl methyl sites for hydroxylation is 1. The molecule has 0 aliphatic rings. The minimum absolute atomic E-state index is 0.317. The topological polar surface area (TPSA) is 42.7 Å². The molecular weight excluding hydrogens is 224 g/mol. The predicted molar refractivity (Wildman–Crippen MR) is 73.6 cm³/mol. The first-order valence-electron chi connectivity index (χ1n) is 6.42. The molecule has 0 aliphatic carbocycles. The maximum absolute atomic E-state index is 4.23. The highest BCUT2D eigenvalue weighted by Gasteiger charge is 2.06. The van der Waals surface area contributed by atoms with E-state index in [2.05, 4.69) is 60.4 Å². The number of rotatable bonds is 5. The molecule has 4 nitrogen and oxygen atoms in total. The third-order valence-corrected chi connectivity index (χ3v) is 2.94. The zero-order valence-corrected chi connectivity index (χ0v) is 11.2. The number of anilines is 1. The van der Waals surface area contributed by atoms with Crippen LogP contribution in [-0.2, 0) is 13.0 Å². The van der Waals surface area contributed by atoms with Gasteiger partial charge in [-0.2, -0.15) is 10.1 Å². The molecule has 0 unspecified atom stereocenters. The van der Waals surface area contributed by atoms with Crippen molar-refractivity contribution in [3.63, 3.8) is 0 Å². The van der Waals surface area contributed by atoms with Crippen molar-refractivity contribution in [3.8, 4) is 0 Å². The molecule has 0 radical (unpaired) electrons. The van der Waals surface area contributed by atoms with Crippen LogP contribution >= 0.6 is 0 Å².